The van der Waals surface area contributed by atoms with Gasteiger partial charge in [-0.15, -0.1) is 0 Å². The average molecular weight is 305 g/mol. The van der Waals surface area contributed by atoms with Crippen LogP contribution in [0, 0.1) is 16.0 Å². The lowest BCUT2D eigenvalue weighted by Crippen LogP contribution is -2.36. The number of nitro groups is 1. The number of nitrogens with two attached hydrogens (primary N) is 1. The maximum Gasteiger partial charge on any atom is 0.304 e. The summed E-state index contributed by atoms with van der Waals surface area (Å²) in [7, 11) is -3.73. The number of nitrogens with one attached hydrogen (secondary N) is 1. The molecule has 19 heavy (non-hydrogen) atoms. The van der Waals surface area contributed by atoms with Gasteiger partial charge in [0.15, 0.2) is 5.00 Å². The van der Waals surface area contributed by atoms with Crippen LogP contribution in [0.1, 0.15) is 26.2 Å². The highest BCUT2D eigenvalue weighted by molar-refractivity contribution is 7.91. The van der Waals surface area contributed by atoms with Crippen LogP contribution < -0.4 is 10.5 Å². The summed E-state index contributed by atoms with van der Waals surface area (Å²) in [6.45, 7) is 1.99. The smallest absolute Gasteiger partial charge is 0.304 e. The minimum absolute atomic E-state index is 0.0927. The van der Waals surface area contributed by atoms with Crippen LogP contribution >= 0.6 is 11.3 Å². The first-order chi connectivity index (χ1) is 8.81. The van der Waals surface area contributed by atoms with E-state index >= 15 is 0 Å². The van der Waals surface area contributed by atoms with Crippen LogP contribution in [0.2, 0.25) is 0 Å². The summed E-state index contributed by atoms with van der Waals surface area (Å²) in [5.41, 5.74) is 5.10. The minimum atomic E-state index is -3.73. The Kier molecular flexibility index (Phi) is 3.79. The standard InChI is InChI=1S/C10H15N3O4S2/c1-6-3-2-4-7(6)12-19(16,17)9-5-8(13(14)15)10(11)18-9/h5-7,12H,2-4,11H2,1H3. The van der Waals surface area contributed by atoms with Gasteiger partial charge in [0.1, 0.15) is 4.21 Å². The number of sulfonamides is 1. The topological polar surface area (TPSA) is 115 Å². The molecule has 2 rings (SSSR count). The number of rotatable bonds is 4. The summed E-state index contributed by atoms with van der Waals surface area (Å²) in [6, 6.07) is 0.912. The molecule has 1 fully saturated rings. The van der Waals surface area contributed by atoms with Crippen LogP contribution in [-0.4, -0.2) is 19.4 Å². The molecule has 1 aliphatic carbocycles. The second-order valence-electron chi connectivity index (χ2n) is 4.71. The zero-order valence-electron chi connectivity index (χ0n) is 10.3. The average Bonchev–Trinajstić information content (AvgIpc) is 2.86. The maximum atomic E-state index is 12.1. The maximum absolute atomic E-state index is 12.1. The molecule has 0 aromatic carbocycles. The van der Waals surface area contributed by atoms with Crippen LogP contribution in [0.15, 0.2) is 10.3 Å². The lowest BCUT2D eigenvalue weighted by molar-refractivity contribution is -0.383. The largest absolute Gasteiger partial charge is 0.385 e. The molecule has 1 aliphatic rings. The molecule has 0 bridgehead atoms. The molecular formula is C10H15N3O4S2. The molecule has 3 N–H and O–H groups in total. The normalized spacial score (nSPS) is 23.6. The van der Waals surface area contributed by atoms with E-state index in [1.165, 1.54) is 0 Å². The van der Waals surface area contributed by atoms with Gasteiger partial charge in [0, 0.05) is 12.1 Å². The Bertz CT molecular complexity index is 596. The fraction of sp³-hybridized carbons (Fsp3) is 0.600. The molecule has 0 spiro atoms. The van der Waals surface area contributed by atoms with Gasteiger partial charge in [0.25, 0.3) is 10.0 Å². The zero-order valence-corrected chi connectivity index (χ0v) is 12.0. The van der Waals surface area contributed by atoms with Crippen LogP contribution in [0.3, 0.4) is 0 Å². The number of thiophene rings is 1. The highest BCUT2D eigenvalue weighted by atomic mass is 32.2. The summed E-state index contributed by atoms with van der Waals surface area (Å²) in [5, 5.41) is 10.6. The van der Waals surface area contributed by atoms with Crippen LogP contribution in [0.25, 0.3) is 0 Å². The Hall–Kier alpha value is -1.19. The molecule has 0 radical (unpaired) electrons. The van der Waals surface area contributed by atoms with Crippen molar-refractivity contribution in [2.24, 2.45) is 5.92 Å². The molecule has 2 atom stereocenters. The lowest BCUT2D eigenvalue weighted by Gasteiger charge is -2.16. The Morgan fingerprint density at radius 1 is 1.53 bits per heavy atom. The van der Waals surface area contributed by atoms with E-state index in [0.29, 0.717) is 0 Å². The predicted molar refractivity (Wildman–Crippen MR) is 72.5 cm³/mol. The molecule has 7 nitrogen and oxygen atoms in total. The van der Waals surface area contributed by atoms with E-state index in [1.54, 1.807) is 0 Å². The monoisotopic (exact) mass is 305 g/mol. The second-order valence-corrected chi connectivity index (χ2v) is 7.73. The number of anilines is 1. The van der Waals surface area contributed by atoms with E-state index in [4.69, 9.17) is 5.73 Å². The van der Waals surface area contributed by atoms with Crippen molar-refractivity contribution >= 4 is 32.0 Å². The summed E-state index contributed by atoms with van der Waals surface area (Å²) >= 11 is 0.720. The van der Waals surface area contributed by atoms with E-state index in [1.807, 2.05) is 6.92 Å². The molecule has 0 saturated heterocycles. The summed E-state index contributed by atoms with van der Waals surface area (Å²) in [4.78, 5) is 10.00. The van der Waals surface area contributed by atoms with Crippen molar-refractivity contribution < 1.29 is 13.3 Å². The van der Waals surface area contributed by atoms with Gasteiger partial charge in [0.05, 0.1) is 4.92 Å². The van der Waals surface area contributed by atoms with Crippen molar-refractivity contribution in [3.8, 4) is 0 Å². The molecule has 2 unspecified atom stereocenters. The minimum Gasteiger partial charge on any atom is -0.385 e. The molecule has 1 aromatic heterocycles. The molecule has 106 valence electrons. The molecule has 0 aliphatic heterocycles. The summed E-state index contributed by atoms with van der Waals surface area (Å²) in [6.07, 6.45) is 2.77. The van der Waals surface area contributed by atoms with Gasteiger partial charge in [-0.25, -0.2) is 13.1 Å². The van der Waals surface area contributed by atoms with Crippen molar-refractivity contribution in [1.82, 2.24) is 4.72 Å². The summed E-state index contributed by atoms with van der Waals surface area (Å²) < 4.78 is 26.8. The molecule has 0 amide bonds. The fourth-order valence-corrected chi connectivity index (χ4v) is 4.84. The van der Waals surface area contributed by atoms with E-state index in [9.17, 15) is 18.5 Å². The SMILES string of the molecule is CC1CCCC1NS(=O)(=O)c1cc([N+](=O)[O-])c(N)s1. The number of hydrogen-bond donors (Lipinski definition) is 2. The Morgan fingerprint density at radius 2 is 2.21 bits per heavy atom. The first-order valence-electron chi connectivity index (χ1n) is 5.87. The van der Waals surface area contributed by atoms with Crippen molar-refractivity contribution in [2.45, 2.75) is 36.4 Å². The van der Waals surface area contributed by atoms with Gasteiger partial charge in [-0.2, -0.15) is 0 Å². The van der Waals surface area contributed by atoms with Gasteiger partial charge < -0.3 is 5.73 Å². The number of nitrogen functional groups attached to an aromatic ring is 1. The van der Waals surface area contributed by atoms with Crippen molar-refractivity contribution in [3.05, 3.63) is 16.2 Å². The molecule has 1 aromatic rings. The number of nitrogens with zero attached hydrogens (tertiary/aromatic N) is 1. The van der Waals surface area contributed by atoms with Gasteiger partial charge in [0.2, 0.25) is 0 Å². The quantitative estimate of drug-likeness (QED) is 0.649. The Morgan fingerprint density at radius 3 is 2.68 bits per heavy atom. The van der Waals surface area contributed by atoms with Crippen LogP contribution in [0.4, 0.5) is 10.7 Å². The van der Waals surface area contributed by atoms with Gasteiger partial charge in [-0.05, 0) is 18.8 Å². The zero-order chi connectivity index (χ0) is 14.2. The third kappa shape index (κ3) is 2.88. The third-order valence-electron chi connectivity index (χ3n) is 3.35. The van der Waals surface area contributed by atoms with Gasteiger partial charge in [-0.3, -0.25) is 10.1 Å². The van der Waals surface area contributed by atoms with Crippen LogP contribution in [-0.2, 0) is 10.0 Å². The van der Waals surface area contributed by atoms with E-state index < -0.39 is 14.9 Å². The van der Waals surface area contributed by atoms with Gasteiger partial charge in [-0.1, -0.05) is 24.7 Å². The molecule has 1 saturated carbocycles. The van der Waals surface area contributed by atoms with Crippen molar-refractivity contribution in [2.75, 3.05) is 5.73 Å². The molecule has 9 heteroatoms. The van der Waals surface area contributed by atoms with Crippen molar-refractivity contribution in [1.29, 1.82) is 0 Å². The van der Waals surface area contributed by atoms with Crippen molar-refractivity contribution in [3.63, 3.8) is 0 Å². The molecular weight excluding hydrogens is 290 g/mol. The fourth-order valence-electron chi connectivity index (χ4n) is 2.23. The van der Waals surface area contributed by atoms with E-state index in [-0.39, 0.29) is 26.9 Å². The van der Waals surface area contributed by atoms with E-state index in [2.05, 4.69) is 4.72 Å². The second kappa shape index (κ2) is 5.06. The molecule has 1 heterocycles. The third-order valence-corrected chi connectivity index (χ3v) is 6.26. The van der Waals surface area contributed by atoms with E-state index in [0.717, 1.165) is 36.7 Å². The lowest BCUT2D eigenvalue weighted by atomic mass is 10.1. The summed E-state index contributed by atoms with van der Waals surface area (Å²) in [5.74, 6) is 0.280. The Labute approximate surface area is 115 Å². The first kappa shape index (κ1) is 14.2. The predicted octanol–water partition coefficient (Wildman–Crippen LogP) is 1.71. The van der Waals surface area contributed by atoms with Gasteiger partial charge >= 0.3 is 5.69 Å². The highest BCUT2D eigenvalue weighted by Crippen LogP contribution is 2.35. The highest BCUT2D eigenvalue weighted by Gasteiger charge is 2.31. The number of hydrogen-bond acceptors (Lipinski definition) is 6. The first-order valence-corrected chi connectivity index (χ1v) is 8.17. The van der Waals surface area contributed by atoms with Crippen LogP contribution in [0.5, 0.6) is 0 Å². The Balaban J connectivity index is 2.24.